The Morgan fingerprint density at radius 1 is 1.30 bits per heavy atom. The first kappa shape index (κ1) is 15.0. The van der Waals surface area contributed by atoms with Crippen LogP contribution in [0.2, 0.25) is 0 Å². The lowest BCUT2D eigenvalue weighted by Gasteiger charge is -2.23. The number of nitrogens with one attached hydrogen (secondary N) is 2. The Labute approximate surface area is 120 Å². The minimum absolute atomic E-state index is 0.000123. The van der Waals surface area contributed by atoms with Gasteiger partial charge in [-0.05, 0) is 37.0 Å². The molecule has 2 unspecified atom stereocenters. The predicted molar refractivity (Wildman–Crippen MR) is 80.6 cm³/mol. The Bertz CT molecular complexity index is 440. The number of aliphatic hydroxyl groups is 1. The van der Waals surface area contributed by atoms with Crippen LogP contribution < -0.4 is 10.6 Å². The average molecular weight is 276 g/mol. The van der Waals surface area contributed by atoms with E-state index in [1.807, 2.05) is 31.2 Å². The summed E-state index contributed by atoms with van der Waals surface area (Å²) in [5, 5.41) is 16.7. The SMILES string of the molecule is CCC(=O)Nc1ccc(C(O)C(CC)NC2CC2)cc1. The Morgan fingerprint density at radius 3 is 2.45 bits per heavy atom. The van der Waals surface area contributed by atoms with Crippen LogP contribution >= 0.6 is 0 Å². The van der Waals surface area contributed by atoms with Crippen molar-refractivity contribution in [1.29, 1.82) is 0 Å². The Balaban J connectivity index is 1.98. The molecule has 1 aromatic rings. The first-order valence-corrected chi connectivity index (χ1v) is 7.48. The van der Waals surface area contributed by atoms with Crippen LogP contribution in [0.15, 0.2) is 24.3 Å². The van der Waals surface area contributed by atoms with Crippen molar-refractivity contribution in [3.8, 4) is 0 Å². The molecule has 1 aliphatic carbocycles. The highest BCUT2D eigenvalue weighted by Gasteiger charge is 2.27. The molecule has 2 atom stereocenters. The number of aliphatic hydroxyl groups excluding tert-OH is 1. The highest BCUT2D eigenvalue weighted by Crippen LogP contribution is 2.26. The summed E-state index contributed by atoms with van der Waals surface area (Å²) in [5.41, 5.74) is 1.66. The van der Waals surface area contributed by atoms with Crippen molar-refractivity contribution in [2.75, 3.05) is 5.32 Å². The van der Waals surface area contributed by atoms with Crippen molar-refractivity contribution in [2.45, 2.75) is 57.7 Å². The van der Waals surface area contributed by atoms with Gasteiger partial charge in [0.15, 0.2) is 0 Å². The van der Waals surface area contributed by atoms with Crippen molar-refractivity contribution in [2.24, 2.45) is 0 Å². The molecule has 0 spiro atoms. The molecule has 0 heterocycles. The monoisotopic (exact) mass is 276 g/mol. The van der Waals surface area contributed by atoms with E-state index >= 15 is 0 Å². The van der Waals surface area contributed by atoms with Gasteiger partial charge in [0.25, 0.3) is 0 Å². The summed E-state index contributed by atoms with van der Waals surface area (Å²) < 4.78 is 0. The molecule has 0 bridgehead atoms. The second-order valence-corrected chi connectivity index (χ2v) is 5.42. The zero-order chi connectivity index (χ0) is 14.5. The fourth-order valence-corrected chi connectivity index (χ4v) is 2.23. The van der Waals surface area contributed by atoms with Gasteiger partial charge >= 0.3 is 0 Å². The zero-order valence-electron chi connectivity index (χ0n) is 12.2. The number of hydrogen-bond donors (Lipinski definition) is 3. The molecule has 1 aromatic carbocycles. The zero-order valence-corrected chi connectivity index (χ0v) is 12.2. The van der Waals surface area contributed by atoms with E-state index in [1.165, 1.54) is 12.8 Å². The number of benzene rings is 1. The van der Waals surface area contributed by atoms with Crippen LogP contribution in [0, 0.1) is 0 Å². The van der Waals surface area contributed by atoms with Crippen LogP contribution in [0.3, 0.4) is 0 Å². The Morgan fingerprint density at radius 2 is 1.95 bits per heavy atom. The molecule has 1 amide bonds. The second kappa shape index (κ2) is 6.86. The second-order valence-electron chi connectivity index (χ2n) is 5.42. The minimum atomic E-state index is -0.503. The molecule has 4 heteroatoms. The number of anilines is 1. The van der Waals surface area contributed by atoms with Gasteiger partial charge in [-0.3, -0.25) is 4.79 Å². The highest BCUT2D eigenvalue weighted by atomic mass is 16.3. The van der Waals surface area contributed by atoms with Gasteiger partial charge < -0.3 is 15.7 Å². The van der Waals surface area contributed by atoms with Crippen LogP contribution in [0.1, 0.15) is 51.2 Å². The molecule has 1 saturated carbocycles. The lowest BCUT2D eigenvalue weighted by atomic mass is 10.00. The standard InChI is InChI=1S/C16H24N2O2/c1-3-14(17-12-9-10-12)16(20)11-5-7-13(8-6-11)18-15(19)4-2/h5-8,12,14,16-17,20H,3-4,9-10H2,1-2H3,(H,18,19). The predicted octanol–water partition coefficient (Wildman–Crippen LogP) is 2.60. The number of hydrogen-bond acceptors (Lipinski definition) is 3. The smallest absolute Gasteiger partial charge is 0.224 e. The first-order chi connectivity index (χ1) is 9.63. The molecule has 0 aliphatic heterocycles. The van der Waals surface area contributed by atoms with Gasteiger partial charge in [-0.2, -0.15) is 0 Å². The summed E-state index contributed by atoms with van der Waals surface area (Å²) in [7, 11) is 0. The lowest BCUT2D eigenvalue weighted by Crippen LogP contribution is -2.35. The quantitative estimate of drug-likeness (QED) is 0.717. The summed E-state index contributed by atoms with van der Waals surface area (Å²) in [6, 6.07) is 8.13. The summed E-state index contributed by atoms with van der Waals surface area (Å²) in [4.78, 5) is 11.3. The highest BCUT2D eigenvalue weighted by molar-refractivity contribution is 5.90. The molecule has 1 fully saturated rings. The Kier molecular flexibility index (Phi) is 5.15. The van der Waals surface area contributed by atoms with Crippen molar-refractivity contribution in [1.82, 2.24) is 5.32 Å². The maximum atomic E-state index is 11.3. The van der Waals surface area contributed by atoms with E-state index in [-0.39, 0.29) is 11.9 Å². The van der Waals surface area contributed by atoms with Crippen molar-refractivity contribution < 1.29 is 9.90 Å². The van der Waals surface area contributed by atoms with Crippen LogP contribution in [-0.4, -0.2) is 23.1 Å². The summed E-state index contributed by atoms with van der Waals surface area (Å²) in [6.07, 6.45) is 3.28. The van der Waals surface area contributed by atoms with Gasteiger partial charge in [0, 0.05) is 24.2 Å². The molecular weight excluding hydrogens is 252 g/mol. The van der Waals surface area contributed by atoms with Gasteiger partial charge in [-0.1, -0.05) is 26.0 Å². The minimum Gasteiger partial charge on any atom is -0.387 e. The van der Waals surface area contributed by atoms with Crippen LogP contribution in [-0.2, 0) is 4.79 Å². The molecule has 0 saturated heterocycles. The molecule has 0 aromatic heterocycles. The van der Waals surface area contributed by atoms with Crippen molar-refractivity contribution >= 4 is 11.6 Å². The van der Waals surface area contributed by atoms with E-state index < -0.39 is 6.10 Å². The molecule has 3 N–H and O–H groups in total. The van der Waals surface area contributed by atoms with Crippen LogP contribution in [0.25, 0.3) is 0 Å². The van der Waals surface area contributed by atoms with Gasteiger partial charge in [0.2, 0.25) is 5.91 Å². The molecule has 0 radical (unpaired) electrons. The third-order valence-corrected chi connectivity index (χ3v) is 3.71. The molecule has 2 rings (SSSR count). The van der Waals surface area contributed by atoms with Gasteiger partial charge in [-0.15, -0.1) is 0 Å². The van der Waals surface area contributed by atoms with Gasteiger partial charge in [0.05, 0.1) is 6.10 Å². The van der Waals surface area contributed by atoms with E-state index in [2.05, 4.69) is 17.6 Å². The number of rotatable bonds is 7. The molecule has 1 aliphatic rings. The normalized spacial score (nSPS) is 17.6. The first-order valence-electron chi connectivity index (χ1n) is 7.48. The fraction of sp³-hybridized carbons (Fsp3) is 0.562. The van der Waals surface area contributed by atoms with E-state index in [4.69, 9.17) is 0 Å². The number of carbonyl (C=O) groups excluding carboxylic acids is 1. The summed E-state index contributed by atoms with van der Waals surface area (Å²) in [6.45, 7) is 3.90. The maximum Gasteiger partial charge on any atom is 0.224 e. The van der Waals surface area contributed by atoms with Gasteiger partial charge in [0.1, 0.15) is 0 Å². The molecule has 110 valence electrons. The molecule has 20 heavy (non-hydrogen) atoms. The van der Waals surface area contributed by atoms with Crippen LogP contribution in [0.4, 0.5) is 5.69 Å². The van der Waals surface area contributed by atoms with E-state index in [0.717, 1.165) is 17.7 Å². The summed E-state index contributed by atoms with van der Waals surface area (Å²) >= 11 is 0. The molecule has 4 nitrogen and oxygen atoms in total. The third-order valence-electron chi connectivity index (χ3n) is 3.71. The van der Waals surface area contributed by atoms with Gasteiger partial charge in [-0.25, -0.2) is 0 Å². The van der Waals surface area contributed by atoms with E-state index in [0.29, 0.717) is 12.5 Å². The summed E-state index contributed by atoms with van der Waals surface area (Å²) in [5.74, 6) is 0.000123. The topological polar surface area (TPSA) is 61.4 Å². The van der Waals surface area contributed by atoms with Crippen molar-refractivity contribution in [3.05, 3.63) is 29.8 Å². The molecular formula is C16H24N2O2. The van der Waals surface area contributed by atoms with E-state index in [1.54, 1.807) is 0 Å². The Hall–Kier alpha value is -1.39. The average Bonchev–Trinajstić information content (AvgIpc) is 3.28. The van der Waals surface area contributed by atoms with Crippen molar-refractivity contribution in [3.63, 3.8) is 0 Å². The number of carbonyl (C=O) groups is 1. The third kappa shape index (κ3) is 4.05. The fourth-order valence-electron chi connectivity index (χ4n) is 2.23. The number of amides is 1. The maximum absolute atomic E-state index is 11.3. The lowest BCUT2D eigenvalue weighted by molar-refractivity contribution is -0.115. The van der Waals surface area contributed by atoms with E-state index in [9.17, 15) is 9.90 Å². The largest absolute Gasteiger partial charge is 0.387 e. The van der Waals surface area contributed by atoms with Crippen LogP contribution in [0.5, 0.6) is 0 Å².